The summed E-state index contributed by atoms with van der Waals surface area (Å²) in [5, 5.41) is 10.2. The molecule has 3 aromatic rings. The summed E-state index contributed by atoms with van der Waals surface area (Å²) in [7, 11) is 3.30. The van der Waals surface area contributed by atoms with E-state index in [0.717, 1.165) is 28.2 Å². The monoisotopic (exact) mass is 392 g/mol. The molecular weight excluding hydrogens is 364 g/mol. The fourth-order valence-electron chi connectivity index (χ4n) is 3.41. The highest BCUT2D eigenvalue weighted by Gasteiger charge is 2.40. The first-order valence-corrected chi connectivity index (χ1v) is 9.71. The lowest BCUT2D eigenvalue weighted by molar-refractivity contribution is -0.0877. The fraction of sp³-hybridized carbons (Fsp3) is 0.280. The van der Waals surface area contributed by atoms with E-state index in [9.17, 15) is 5.11 Å². The van der Waals surface area contributed by atoms with Gasteiger partial charge in [-0.3, -0.25) is 0 Å². The van der Waals surface area contributed by atoms with Gasteiger partial charge in [0.2, 0.25) is 0 Å². The van der Waals surface area contributed by atoms with Crippen molar-refractivity contribution in [2.75, 3.05) is 14.2 Å². The van der Waals surface area contributed by atoms with Crippen LogP contribution < -0.4 is 9.47 Å². The minimum Gasteiger partial charge on any atom is -0.497 e. The molecule has 29 heavy (non-hydrogen) atoms. The van der Waals surface area contributed by atoms with Crippen LogP contribution in [-0.2, 0) is 10.3 Å². The minimum atomic E-state index is -0.907. The standard InChI is InChI=1S/C25H28O4/c1-18(26)19(2)29-25(20-8-6-5-7-9-20,21-10-14-23(27-3)15-11-21)22-12-16-24(28-4)17-13-22/h5-19,26H,1-4H3. The summed E-state index contributed by atoms with van der Waals surface area (Å²) in [6.07, 6.45) is -1.03. The summed E-state index contributed by atoms with van der Waals surface area (Å²) in [4.78, 5) is 0. The first kappa shape index (κ1) is 20.9. The Morgan fingerprint density at radius 1 is 0.655 bits per heavy atom. The number of benzene rings is 3. The summed E-state index contributed by atoms with van der Waals surface area (Å²) in [5.41, 5.74) is 1.96. The predicted octanol–water partition coefficient (Wildman–Crippen LogP) is 4.78. The Labute approximate surface area is 172 Å². The van der Waals surface area contributed by atoms with Gasteiger partial charge >= 0.3 is 0 Å². The quantitative estimate of drug-likeness (QED) is 0.561. The van der Waals surface area contributed by atoms with Gasteiger partial charge in [-0.15, -0.1) is 0 Å². The molecule has 0 bridgehead atoms. The molecule has 0 aliphatic rings. The van der Waals surface area contributed by atoms with Crippen molar-refractivity contribution in [3.8, 4) is 11.5 Å². The zero-order valence-corrected chi connectivity index (χ0v) is 17.3. The maximum absolute atomic E-state index is 10.2. The Hall–Kier alpha value is -2.82. The second-order valence-electron chi connectivity index (χ2n) is 7.07. The minimum absolute atomic E-state index is 0.403. The molecule has 0 radical (unpaired) electrons. The number of hydrogen-bond acceptors (Lipinski definition) is 4. The Balaban J connectivity index is 2.27. The lowest BCUT2D eigenvalue weighted by Crippen LogP contribution is -2.39. The van der Waals surface area contributed by atoms with Crippen LogP contribution >= 0.6 is 0 Å². The van der Waals surface area contributed by atoms with Gasteiger partial charge in [0.1, 0.15) is 17.1 Å². The number of hydrogen-bond donors (Lipinski definition) is 1. The SMILES string of the molecule is COc1ccc(C(OC(C)C(C)O)(c2ccccc2)c2ccc(OC)cc2)cc1. The predicted molar refractivity (Wildman–Crippen MR) is 115 cm³/mol. The maximum atomic E-state index is 10.2. The Morgan fingerprint density at radius 2 is 1.07 bits per heavy atom. The zero-order chi connectivity index (χ0) is 20.9. The van der Waals surface area contributed by atoms with Gasteiger partial charge in [0.25, 0.3) is 0 Å². The molecule has 3 aromatic carbocycles. The molecule has 0 fully saturated rings. The number of rotatable bonds is 8. The molecule has 0 heterocycles. The van der Waals surface area contributed by atoms with Gasteiger partial charge < -0.3 is 19.3 Å². The van der Waals surface area contributed by atoms with E-state index in [0.29, 0.717) is 0 Å². The zero-order valence-electron chi connectivity index (χ0n) is 17.3. The summed E-state index contributed by atoms with van der Waals surface area (Å²) < 4.78 is 17.4. The first-order chi connectivity index (χ1) is 14.0. The molecule has 4 nitrogen and oxygen atoms in total. The van der Waals surface area contributed by atoms with E-state index in [-0.39, 0.29) is 0 Å². The van der Waals surface area contributed by atoms with Crippen LogP contribution in [0.2, 0.25) is 0 Å². The third kappa shape index (κ3) is 4.29. The molecule has 152 valence electrons. The Morgan fingerprint density at radius 3 is 1.45 bits per heavy atom. The van der Waals surface area contributed by atoms with Gasteiger partial charge in [0, 0.05) is 0 Å². The molecule has 0 saturated carbocycles. The van der Waals surface area contributed by atoms with E-state index in [1.807, 2.05) is 85.8 Å². The third-order valence-electron chi connectivity index (χ3n) is 5.22. The van der Waals surface area contributed by atoms with Crippen molar-refractivity contribution in [1.82, 2.24) is 0 Å². The molecule has 0 saturated heterocycles. The van der Waals surface area contributed by atoms with Crippen LogP contribution in [0.5, 0.6) is 11.5 Å². The molecule has 3 rings (SSSR count). The highest BCUT2D eigenvalue weighted by molar-refractivity contribution is 5.49. The van der Waals surface area contributed by atoms with Crippen molar-refractivity contribution in [3.63, 3.8) is 0 Å². The Bertz CT molecular complexity index is 839. The van der Waals surface area contributed by atoms with E-state index in [2.05, 4.69) is 0 Å². The van der Waals surface area contributed by atoms with Crippen LogP contribution in [0, 0.1) is 0 Å². The molecule has 4 heteroatoms. The van der Waals surface area contributed by atoms with E-state index in [1.54, 1.807) is 21.1 Å². The summed E-state index contributed by atoms with van der Waals surface area (Å²) >= 11 is 0. The van der Waals surface area contributed by atoms with Gasteiger partial charge in [-0.1, -0.05) is 54.6 Å². The van der Waals surface area contributed by atoms with Gasteiger partial charge in [0.05, 0.1) is 26.4 Å². The molecule has 0 amide bonds. The number of aliphatic hydroxyl groups is 1. The number of ether oxygens (including phenoxy) is 3. The van der Waals surface area contributed by atoms with E-state index < -0.39 is 17.8 Å². The van der Waals surface area contributed by atoms with Crippen LogP contribution in [-0.4, -0.2) is 31.5 Å². The topological polar surface area (TPSA) is 47.9 Å². The van der Waals surface area contributed by atoms with Crippen molar-refractivity contribution in [3.05, 3.63) is 95.6 Å². The van der Waals surface area contributed by atoms with Crippen molar-refractivity contribution in [2.45, 2.75) is 31.7 Å². The van der Waals surface area contributed by atoms with E-state index >= 15 is 0 Å². The van der Waals surface area contributed by atoms with Gasteiger partial charge in [-0.05, 0) is 54.8 Å². The van der Waals surface area contributed by atoms with Crippen LogP contribution in [0.15, 0.2) is 78.9 Å². The van der Waals surface area contributed by atoms with Crippen molar-refractivity contribution >= 4 is 0 Å². The largest absolute Gasteiger partial charge is 0.497 e. The molecule has 1 N–H and O–H groups in total. The number of methoxy groups -OCH3 is 2. The van der Waals surface area contributed by atoms with Crippen LogP contribution in [0.3, 0.4) is 0 Å². The van der Waals surface area contributed by atoms with Crippen molar-refractivity contribution < 1.29 is 19.3 Å². The Kier molecular flexibility index (Phi) is 6.57. The van der Waals surface area contributed by atoms with Gasteiger partial charge in [-0.25, -0.2) is 0 Å². The first-order valence-electron chi connectivity index (χ1n) is 9.71. The van der Waals surface area contributed by atoms with Crippen LogP contribution in [0.4, 0.5) is 0 Å². The summed E-state index contributed by atoms with van der Waals surface area (Å²) in [5.74, 6) is 1.54. The lowest BCUT2D eigenvalue weighted by atomic mass is 9.79. The summed E-state index contributed by atoms with van der Waals surface area (Å²) in [6, 6.07) is 25.8. The average Bonchev–Trinajstić information content (AvgIpc) is 2.78. The molecular formula is C25H28O4. The highest BCUT2D eigenvalue weighted by Crippen LogP contribution is 2.42. The molecule has 0 spiro atoms. The summed E-state index contributed by atoms with van der Waals surface area (Å²) in [6.45, 7) is 3.62. The van der Waals surface area contributed by atoms with Crippen LogP contribution in [0.1, 0.15) is 30.5 Å². The van der Waals surface area contributed by atoms with Crippen molar-refractivity contribution in [1.29, 1.82) is 0 Å². The molecule has 2 atom stereocenters. The normalized spacial score (nSPS) is 13.6. The van der Waals surface area contributed by atoms with Crippen LogP contribution in [0.25, 0.3) is 0 Å². The van der Waals surface area contributed by atoms with Gasteiger partial charge in [0.15, 0.2) is 0 Å². The average molecular weight is 392 g/mol. The molecule has 0 aliphatic carbocycles. The molecule has 0 aromatic heterocycles. The maximum Gasteiger partial charge on any atom is 0.144 e. The second kappa shape index (κ2) is 9.12. The van der Waals surface area contributed by atoms with Gasteiger partial charge in [-0.2, -0.15) is 0 Å². The third-order valence-corrected chi connectivity index (χ3v) is 5.22. The molecule has 0 aliphatic heterocycles. The number of aliphatic hydroxyl groups excluding tert-OH is 1. The molecule has 2 unspecified atom stereocenters. The van der Waals surface area contributed by atoms with E-state index in [4.69, 9.17) is 14.2 Å². The smallest absolute Gasteiger partial charge is 0.144 e. The lowest BCUT2D eigenvalue weighted by Gasteiger charge is -2.39. The second-order valence-corrected chi connectivity index (χ2v) is 7.07. The highest BCUT2D eigenvalue weighted by atomic mass is 16.5. The fourth-order valence-corrected chi connectivity index (χ4v) is 3.41. The van der Waals surface area contributed by atoms with E-state index in [1.165, 1.54) is 0 Å². The van der Waals surface area contributed by atoms with Crippen molar-refractivity contribution in [2.24, 2.45) is 0 Å².